The Morgan fingerprint density at radius 1 is 1.25 bits per heavy atom. The highest BCUT2D eigenvalue weighted by atomic mass is 16.2. The van der Waals surface area contributed by atoms with Crippen molar-refractivity contribution in [3.8, 4) is 0 Å². The minimum atomic E-state index is 0.0781. The molecule has 1 aliphatic heterocycles. The molecule has 0 spiro atoms. The Morgan fingerprint density at radius 2 is 1.88 bits per heavy atom. The topological polar surface area (TPSA) is 40.6 Å². The summed E-state index contributed by atoms with van der Waals surface area (Å²) in [4.78, 5) is 26.8. The Balaban J connectivity index is 2.29. The molecule has 1 heterocycles. The van der Waals surface area contributed by atoms with Crippen molar-refractivity contribution >= 4 is 11.8 Å². The summed E-state index contributed by atoms with van der Waals surface area (Å²) in [5.41, 5.74) is 0. The minimum absolute atomic E-state index is 0.0781. The van der Waals surface area contributed by atoms with E-state index in [0.717, 1.165) is 38.8 Å². The Kier molecular flexibility index (Phi) is 5.29. The van der Waals surface area contributed by atoms with E-state index < -0.39 is 0 Å². The summed E-state index contributed by atoms with van der Waals surface area (Å²) in [6, 6.07) is 0. The molecule has 0 saturated carbocycles. The van der Waals surface area contributed by atoms with Gasteiger partial charge in [-0.3, -0.25) is 9.59 Å². The van der Waals surface area contributed by atoms with Gasteiger partial charge in [0.25, 0.3) is 0 Å². The number of nitrogens with zero attached hydrogens (tertiary/aromatic N) is 2. The fraction of sp³-hybridized carbons (Fsp3) is 0.833. The van der Waals surface area contributed by atoms with E-state index in [1.165, 1.54) is 0 Å². The Hall–Kier alpha value is -1.06. The number of carbonyl (C=O) groups is 2. The first-order valence-corrected chi connectivity index (χ1v) is 6.17. The first kappa shape index (κ1) is 13.0. The van der Waals surface area contributed by atoms with Gasteiger partial charge in [-0.1, -0.05) is 13.3 Å². The van der Waals surface area contributed by atoms with E-state index in [1.807, 2.05) is 4.90 Å². The Bertz CT molecular complexity index is 247. The van der Waals surface area contributed by atoms with E-state index in [1.54, 1.807) is 11.9 Å². The molecule has 1 aliphatic rings. The van der Waals surface area contributed by atoms with Crippen LogP contribution in [0.4, 0.5) is 0 Å². The quantitative estimate of drug-likeness (QED) is 0.708. The lowest BCUT2D eigenvalue weighted by molar-refractivity contribution is -0.138. The van der Waals surface area contributed by atoms with E-state index in [0.29, 0.717) is 6.42 Å². The van der Waals surface area contributed by atoms with Gasteiger partial charge >= 0.3 is 0 Å². The predicted octanol–water partition coefficient (Wildman–Crippen LogP) is 1.26. The minimum Gasteiger partial charge on any atom is -0.341 e. The van der Waals surface area contributed by atoms with E-state index in [9.17, 15) is 9.59 Å². The van der Waals surface area contributed by atoms with Crippen LogP contribution in [-0.2, 0) is 9.59 Å². The number of rotatable bonds is 5. The van der Waals surface area contributed by atoms with Gasteiger partial charge in [0.15, 0.2) is 0 Å². The summed E-state index contributed by atoms with van der Waals surface area (Å²) >= 11 is 0. The summed E-state index contributed by atoms with van der Waals surface area (Å²) in [6.45, 7) is 4.01. The van der Waals surface area contributed by atoms with Gasteiger partial charge in [0, 0.05) is 26.6 Å². The largest absolute Gasteiger partial charge is 0.341 e. The zero-order chi connectivity index (χ0) is 12.0. The van der Waals surface area contributed by atoms with Crippen LogP contribution in [0.25, 0.3) is 0 Å². The summed E-state index contributed by atoms with van der Waals surface area (Å²) < 4.78 is 0. The lowest BCUT2D eigenvalue weighted by Gasteiger charge is -2.21. The molecule has 0 N–H and O–H groups in total. The van der Waals surface area contributed by atoms with Crippen molar-refractivity contribution in [1.82, 2.24) is 9.80 Å². The number of unbranched alkanes of at least 4 members (excludes halogenated alkanes) is 1. The van der Waals surface area contributed by atoms with Crippen LogP contribution in [0.5, 0.6) is 0 Å². The molecule has 0 aromatic carbocycles. The molecular weight excluding hydrogens is 204 g/mol. The number of carbonyl (C=O) groups excluding carboxylic acids is 2. The van der Waals surface area contributed by atoms with Gasteiger partial charge in [0.2, 0.25) is 11.8 Å². The third kappa shape index (κ3) is 3.83. The monoisotopic (exact) mass is 226 g/mol. The molecule has 1 rings (SSSR count). The highest BCUT2D eigenvalue weighted by Gasteiger charge is 2.20. The number of hydrogen-bond acceptors (Lipinski definition) is 2. The van der Waals surface area contributed by atoms with Gasteiger partial charge in [-0.25, -0.2) is 0 Å². The van der Waals surface area contributed by atoms with Crippen molar-refractivity contribution < 1.29 is 9.59 Å². The van der Waals surface area contributed by atoms with Gasteiger partial charge in [0.1, 0.15) is 0 Å². The molecule has 0 radical (unpaired) electrons. The summed E-state index contributed by atoms with van der Waals surface area (Å²) in [5.74, 6) is 0.166. The van der Waals surface area contributed by atoms with Crippen LogP contribution >= 0.6 is 0 Å². The van der Waals surface area contributed by atoms with Crippen molar-refractivity contribution in [3.63, 3.8) is 0 Å². The molecule has 0 bridgehead atoms. The molecule has 4 heteroatoms. The van der Waals surface area contributed by atoms with E-state index in [4.69, 9.17) is 0 Å². The van der Waals surface area contributed by atoms with Crippen LogP contribution in [0.3, 0.4) is 0 Å². The van der Waals surface area contributed by atoms with Gasteiger partial charge in [0.05, 0.1) is 6.54 Å². The summed E-state index contributed by atoms with van der Waals surface area (Å²) in [5, 5.41) is 0. The molecular formula is C12H22N2O2. The average molecular weight is 226 g/mol. The summed E-state index contributed by atoms with van der Waals surface area (Å²) in [7, 11) is 1.71. The lowest BCUT2D eigenvalue weighted by Crippen LogP contribution is -2.39. The second-order valence-electron chi connectivity index (χ2n) is 4.44. The molecule has 0 aromatic heterocycles. The Morgan fingerprint density at radius 3 is 2.44 bits per heavy atom. The average Bonchev–Trinajstić information content (AvgIpc) is 2.79. The van der Waals surface area contributed by atoms with E-state index in [-0.39, 0.29) is 18.4 Å². The highest BCUT2D eigenvalue weighted by Crippen LogP contribution is 2.08. The van der Waals surface area contributed by atoms with Crippen LogP contribution in [-0.4, -0.2) is 48.3 Å². The number of amides is 2. The van der Waals surface area contributed by atoms with Crippen molar-refractivity contribution in [2.45, 2.75) is 39.0 Å². The lowest BCUT2D eigenvalue weighted by atomic mass is 10.2. The van der Waals surface area contributed by atoms with E-state index >= 15 is 0 Å². The maximum atomic E-state index is 11.8. The fourth-order valence-corrected chi connectivity index (χ4v) is 1.88. The molecule has 1 saturated heterocycles. The van der Waals surface area contributed by atoms with Crippen LogP contribution in [0.2, 0.25) is 0 Å². The van der Waals surface area contributed by atoms with Crippen LogP contribution < -0.4 is 0 Å². The second kappa shape index (κ2) is 6.51. The number of hydrogen-bond donors (Lipinski definition) is 0. The van der Waals surface area contributed by atoms with Crippen molar-refractivity contribution in [3.05, 3.63) is 0 Å². The number of likely N-dealkylation sites (N-methyl/N-ethyl adjacent to an activating group) is 1. The zero-order valence-corrected chi connectivity index (χ0v) is 10.4. The molecule has 92 valence electrons. The number of likely N-dealkylation sites (tertiary alicyclic amines) is 1. The zero-order valence-electron chi connectivity index (χ0n) is 10.4. The normalized spacial score (nSPS) is 15.2. The van der Waals surface area contributed by atoms with Crippen LogP contribution in [0.1, 0.15) is 39.0 Å². The molecule has 0 aliphatic carbocycles. The Labute approximate surface area is 97.6 Å². The smallest absolute Gasteiger partial charge is 0.242 e. The van der Waals surface area contributed by atoms with Crippen molar-refractivity contribution in [1.29, 1.82) is 0 Å². The molecule has 16 heavy (non-hydrogen) atoms. The standard InChI is InChI=1S/C12H22N2O2/c1-3-4-7-11(15)13(2)10-12(16)14-8-5-6-9-14/h3-10H2,1-2H3. The van der Waals surface area contributed by atoms with Gasteiger partial charge in [-0.05, 0) is 19.3 Å². The van der Waals surface area contributed by atoms with Crippen molar-refractivity contribution in [2.75, 3.05) is 26.7 Å². The molecule has 4 nitrogen and oxygen atoms in total. The fourth-order valence-electron chi connectivity index (χ4n) is 1.88. The predicted molar refractivity (Wildman–Crippen MR) is 63.0 cm³/mol. The first-order valence-electron chi connectivity index (χ1n) is 6.17. The summed E-state index contributed by atoms with van der Waals surface area (Å²) in [6.07, 6.45) is 4.67. The van der Waals surface area contributed by atoms with E-state index in [2.05, 4.69) is 6.92 Å². The maximum Gasteiger partial charge on any atom is 0.242 e. The third-order valence-corrected chi connectivity index (χ3v) is 3.00. The van der Waals surface area contributed by atoms with Crippen molar-refractivity contribution in [2.24, 2.45) is 0 Å². The van der Waals surface area contributed by atoms with Gasteiger partial charge in [-0.15, -0.1) is 0 Å². The second-order valence-corrected chi connectivity index (χ2v) is 4.44. The molecule has 0 unspecified atom stereocenters. The molecule has 2 amide bonds. The first-order chi connectivity index (χ1) is 7.65. The van der Waals surface area contributed by atoms with Gasteiger partial charge in [-0.2, -0.15) is 0 Å². The molecule has 0 atom stereocenters. The van der Waals surface area contributed by atoms with Crippen LogP contribution in [0, 0.1) is 0 Å². The SMILES string of the molecule is CCCCC(=O)N(C)CC(=O)N1CCCC1. The van der Waals surface area contributed by atoms with Gasteiger partial charge < -0.3 is 9.80 Å². The third-order valence-electron chi connectivity index (χ3n) is 3.00. The molecule has 0 aromatic rings. The highest BCUT2D eigenvalue weighted by molar-refractivity contribution is 5.84. The molecule has 1 fully saturated rings. The van der Waals surface area contributed by atoms with Crippen LogP contribution in [0.15, 0.2) is 0 Å². The maximum absolute atomic E-state index is 11.8.